The summed E-state index contributed by atoms with van der Waals surface area (Å²) in [6, 6.07) is 3.89. The van der Waals surface area contributed by atoms with E-state index in [1.807, 2.05) is 28.1 Å². The van der Waals surface area contributed by atoms with Crippen LogP contribution in [0.3, 0.4) is 0 Å². The van der Waals surface area contributed by atoms with Gasteiger partial charge in [0, 0.05) is 37.6 Å². The fourth-order valence-electron chi connectivity index (χ4n) is 3.87. The molecule has 1 aromatic heterocycles. The van der Waals surface area contributed by atoms with Crippen LogP contribution >= 0.6 is 11.6 Å². The fraction of sp³-hybridized carbons (Fsp3) is 0.421. The Morgan fingerprint density at radius 1 is 1.25 bits per heavy atom. The largest absolute Gasteiger partial charge is 0.339 e. The molecule has 1 aliphatic rings. The summed E-state index contributed by atoms with van der Waals surface area (Å²) in [6.45, 7) is 1.01. The molecule has 1 fully saturated rings. The number of hydrogen-bond donors (Lipinski definition) is 1. The first-order valence-electron chi connectivity index (χ1n) is 10.8. The Morgan fingerprint density at radius 2 is 1.91 bits per heavy atom. The SMILES string of the molecule is BC(B)(B)c1cnc(CNCC2(F)CCN(C(=O)c3ccc(F)c(Cl)c3)CC2(B)B)nc1. The van der Waals surface area contributed by atoms with E-state index in [4.69, 9.17) is 11.6 Å². The lowest BCUT2D eigenvalue weighted by Gasteiger charge is -2.49. The Kier molecular flexibility index (Phi) is 7.15. The maximum atomic E-state index is 15.9. The van der Waals surface area contributed by atoms with Crippen LogP contribution in [0.25, 0.3) is 0 Å². The number of piperidine rings is 1. The molecule has 0 spiro atoms. The van der Waals surface area contributed by atoms with Gasteiger partial charge in [-0.25, -0.2) is 18.7 Å². The first-order chi connectivity index (χ1) is 14.8. The van der Waals surface area contributed by atoms with Gasteiger partial charge in [-0.3, -0.25) is 4.79 Å². The van der Waals surface area contributed by atoms with E-state index in [-0.39, 0.29) is 42.1 Å². The summed E-state index contributed by atoms with van der Waals surface area (Å²) in [5, 5.41) is 2.24. The molecule has 3 rings (SSSR count). The number of carbonyl (C=O) groups excluding carboxylic acids is 1. The molecular formula is C19H26B5ClF2N4O. The number of halogens is 3. The summed E-state index contributed by atoms with van der Waals surface area (Å²) < 4.78 is 29.3. The molecule has 0 bridgehead atoms. The van der Waals surface area contributed by atoms with Gasteiger partial charge in [0.05, 0.1) is 35.1 Å². The van der Waals surface area contributed by atoms with Gasteiger partial charge in [0.15, 0.2) is 0 Å². The van der Waals surface area contributed by atoms with Crippen molar-refractivity contribution in [2.45, 2.75) is 29.0 Å². The minimum atomic E-state index is -1.50. The molecule has 1 unspecified atom stereocenters. The van der Waals surface area contributed by atoms with Crippen molar-refractivity contribution in [1.82, 2.24) is 20.2 Å². The van der Waals surface area contributed by atoms with E-state index in [9.17, 15) is 9.18 Å². The predicted molar refractivity (Wildman–Crippen MR) is 137 cm³/mol. The van der Waals surface area contributed by atoms with Crippen LogP contribution in [0.1, 0.15) is 28.2 Å². The van der Waals surface area contributed by atoms with Crippen molar-refractivity contribution in [3.05, 3.63) is 58.4 Å². The number of likely N-dealkylation sites (tertiary alicyclic amines) is 1. The second-order valence-electron chi connectivity index (χ2n) is 10.2. The molecule has 32 heavy (non-hydrogen) atoms. The zero-order valence-electron chi connectivity index (χ0n) is 19.3. The average molecular weight is 454 g/mol. The van der Waals surface area contributed by atoms with Gasteiger partial charge in [-0.1, -0.05) is 16.7 Å². The molecule has 0 aliphatic carbocycles. The van der Waals surface area contributed by atoms with Crippen molar-refractivity contribution in [1.29, 1.82) is 0 Å². The number of benzene rings is 1. The highest BCUT2D eigenvalue weighted by Crippen LogP contribution is 2.43. The van der Waals surface area contributed by atoms with Crippen molar-refractivity contribution in [3.63, 3.8) is 0 Å². The summed E-state index contributed by atoms with van der Waals surface area (Å²) >= 11 is 5.81. The van der Waals surface area contributed by atoms with E-state index < -0.39 is 16.7 Å². The molecule has 1 saturated heterocycles. The van der Waals surface area contributed by atoms with Gasteiger partial charge >= 0.3 is 0 Å². The minimum Gasteiger partial charge on any atom is -0.339 e. The predicted octanol–water partition coefficient (Wildman–Crippen LogP) is -1.99. The zero-order chi connectivity index (χ0) is 23.7. The van der Waals surface area contributed by atoms with Gasteiger partial charge in [0.25, 0.3) is 5.91 Å². The maximum Gasteiger partial charge on any atom is 0.253 e. The topological polar surface area (TPSA) is 58.1 Å². The molecule has 1 aliphatic heterocycles. The highest BCUT2D eigenvalue weighted by atomic mass is 35.5. The fourth-order valence-corrected chi connectivity index (χ4v) is 4.05. The van der Waals surface area contributed by atoms with Gasteiger partial charge in [-0.15, -0.1) is 0 Å². The van der Waals surface area contributed by atoms with E-state index in [0.29, 0.717) is 17.9 Å². The minimum absolute atomic E-state index is 0.0242. The molecular weight excluding hydrogens is 428 g/mol. The zero-order valence-corrected chi connectivity index (χ0v) is 20.1. The molecule has 2 aromatic rings. The molecule has 2 heterocycles. The van der Waals surface area contributed by atoms with Gasteiger partial charge in [-0.05, 0) is 35.4 Å². The Bertz CT molecular complexity index is 993. The number of nitrogens with one attached hydrogen (secondary N) is 1. The second-order valence-corrected chi connectivity index (χ2v) is 10.6. The van der Waals surface area contributed by atoms with Gasteiger partial charge in [-0.2, -0.15) is 0 Å². The third-order valence-corrected chi connectivity index (χ3v) is 6.58. The molecule has 0 saturated carbocycles. The summed E-state index contributed by atoms with van der Waals surface area (Å²) in [6.07, 6.45) is 3.81. The van der Waals surface area contributed by atoms with Crippen LogP contribution in [0.5, 0.6) is 0 Å². The van der Waals surface area contributed by atoms with Crippen LogP contribution < -0.4 is 5.32 Å². The van der Waals surface area contributed by atoms with Crippen LogP contribution in [0, 0.1) is 5.82 Å². The van der Waals surface area contributed by atoms with E-state index in [2.05, 4.69) is 38.8 Å². The Morgan fingerprint density at radius 3 is 2.47 bits per heavy atom. The Balaban J connectivity index is 1.60. The van der Waals surface area contributed by atoms with Gasteiger partial charge < -0.3 is 10.2 Å². The van der Waals surface area contributed by atoms with Crippen molar-refractivity contribution in [3.8, 4) is 0 Å². The third kappa shape index (κ3) is 5.39. The van der Waals surface area contributed by atoms with E-state index >= 15 is 4.39 Å². The van der Waals surface area contributed by atoms with Crippen LogP contribution in [0.15, 0.2) is 30.6 Å². The first-order valence-corrected chi connectivity index (χ1v) is 11.2. The summed E-state index contributed by atoms with van der Waals surface area (Å²) in [5.74, 6) is -0.240. The van der Waals surface area contributed by atoms with Crippen LogP contribution in [0.4, 0.5) is 8.78 Å². The van der Waals surface area contributed by atoms with Crippen LogP contribution in [-0.4, -0.2) is 85.3 Å². The molecule has 1 aromatic carbocycles. The smallest absolute Gasteiger partial charge is 0.253 e. The lowest BCUT2D eigenvalue weighted by atomic mass is 9.40. The number of carbonyl (C=O) groups is 1. The number of hydrogen-bond acceptors (Lipinski definition) is 4. The maximum absolute atomic E-state index is 15.9. The molecule has 1 N–H and O–H groups in total. The van der Waals surface area contributed by atoms with Gasteiger partial charge in [0.2, 0.25) is 0 Å². The van der Waals surface area contributed by atoms with Crippen molar-refractivity contribution in [2.75, 3.05) is 19.6 Å². The average Bonchev–Trinajstić information content (AvgIpc) is 2.71. The van der Waals surface area contributed by atoms with Crippen molar-refractivity contribution < 1.29 is 13.6 Å². The molecule has 1 amide bonds. The van der Waals surface area contributed by atoms with E-state index in [1.165, 1.54) is 18.2 Å². The summed E-state index contributed by atoms with van der Waals surface area (Å²) in [5.41, 5.74) is -0.161. The molecule has 13 heteroatoms. The summed E-state index contributed by atoms with van der Waals surface area (Å²) in [7, 11) is 9.93. The number of nitrogens with zero attached hydrogens (tertiary/aromatic N) is 3. The lowest BCUT2D eigenvalue weighted by molar-refractivity contribution is 0.0345. The number of alkyl halides is 1. The Labute approximate surface area is 197 Å². The van der Waals surface area contributed by atoms with Gasteiger partial charge in [0.1, 0.15) is 33.0 Å². The van der Waals surface area contributed by atoms with Crippen molar-refractivity contribution in [2.24, 2.45) is 0 Å². The standard InChI is InChI=1S/C19H26B5ClF2N4O/c20-18(21)10-31(16(32)11-1-2-14(26)13(25)5-11)4-3-17(18,27)9-28-8-15-29-6-12(7-30-15)19(22,23)24/h1-2,5-7,28H,3-4,8-10,20-24H2. The molecule has 0 radical (unpaired) electrons. The molecule has 1 atom stereocenters. The van der Waals surface area contributed by atoms with Crippen molar-refractivity contribution >= 4 is 56.7 Å². The quantitative estimate of drug-likeness (QED) is 0.514. The van der Waals surface area contributed by atoms with E-state index in [1.54, 1.807) is 4.90 Å². The Hall–Kier alpha value is -1.80. The molecule has 5 nitrogen and oxygen atoms in total. The lowest BCUT2D eigenvalue weighted by Crippen LogP contribution is -2.59. The number of amides is 1. The molecule has 164 valence electrons. The van der Waals surface area contributed by atoms with Crippen LogP contribution in [0.2, 0.25) is 10.2 Å². The number of rotatable bonds is 6. The van der Waals surface area contributed by atoms with E-state index in [0.717, 1.165) is 5.56 Å². The monoisotopic (exact) mass is 454 g/mol. The third-order valence-electron chi connectivity index (χ3n) is 6.29. The highest BCUT2D eigenvalue weighted by molar-refractivity contribution is 6.58. The second kappa shape index (κ2) is 9.22. The van der Waals surface area contributed by atoms with Crippen LogP contribution in [-0.2, 0) is 11.7 Å². The number of aromatic nitrogens is 2. The first kappa shape index (κ1) is 24.8. The summed E-state index contributed by atoms with van der Waals surface area (Å²) in [4.78, 5) is 23.2. The highest BCUT2D eigenvalue weighted by Gasteiger charge is 2.49. The normalized spacial score (nSPS) is 20.8.